The van der Waals surface area contributed by atoms with Gasteiger partial charge in [-0.25, -0.2) is 8.42 Å². The van der Waals surface area contributed by atoms with Crippen LogP contribution in [0.4, 0.5) is 5.69 Å². The Balaban J connectivity index is 2.17. The maximum absolute atomic E-state index is 12.8. The molecule has 1 aromatic carbocycles. The largest absolute Gasteiger partial charge is 0.481 e. The van der Waals surface area contributed by atoms with E-state index in [2.05, 4.69) is 4.72 Å². The molecule has 7 nitrogen and oxygen atoms in total. The van der Waals surface area contributed by atoms with Crippen LogP contribution in [0.5, 0.6) is 0 Å². The third kappa shape index (κ3) is 5.45. The van der Waals surface area contributed by atoms with E-state index in [1.807, 2.05) is 0 Å². The fourth-order valence-corrected chi connectivity index (χ4v) is 3.66. The molecule has 1 aromatic rings. The Morgan fingerprint density at radius 3 is 2.60 bits per heavy atom. The number of aliphatic carboxylic acids is 1. The van der Waals surface area contributed by atoms with Gasteiger partial charge < -0.3 is 10.0 Å². The SMILES string of the molecule is CCCS(=O)(=O)Nc1cccc(C(=O)N(CC(C)C(=O)O)C2CC2)c1. The van der Waals surface area contributed by atoms with Gasteiger partial charge in [-0.15, -0.1) is 0 Å². The molecule has 1 aliphatic rings. The van der Waals surface area contributed by atoms with Crippen molar-refractivity contribution in [3.05, 3.63) is 29.8 Å². The standard InChI is InChI=1S/C17H24N2O5S/c1-3-9-25(23,24)18-14-6-4-5-13(10-14)16(20)19(15-7-8-15)11-12(2)17(21)22/h4-6,10,12,15,18H,3,7-9,11H2,1-2H3,(H,21,22). The zero-order chi connectivity index (χ0) is 18.6. The minimum atomic E-state index is -3.43. The first-order chi connectivity index (χ1) is 11.7. The summed E-state index contributed by atoms with van der Waals surface area (Å²) in [6.07, 6.45) is 2.22. The Hall–Kier alpha value is -2.09. The van der Waals surface area contributed by atoms with Crippen molar-refractivity contribution in [3.8, 4) is 0 Å². The van der Waals surface area contributed by atoms with Crippen molar-refractivity contribution in [1.82, 2.24) is 4.90 Å². The van der Waals surface area contributed by atoms with E-state index in [0.29, 0.717) is 17.7 Å². The van der Waals surface area contributed by atoms with Gasteiger partial charge in [0.15, 0.2) is 0 Å². The second-order valence-electron chi connectivity index (χ2n) is 6.43. The Bertz CT molecular complexity index is 743. The van der Waals surface area contributed by atoms with Crippen LogP contribution in [0.25, 0.3) is 0 Å². The maximum atomic E-state index is 12.8. The summed E-state index contributed by atoms with van der Waals surface area (Å²) in [7, 11) is -3.43. The van der Waals surface area contributed by atoms with Gasteiger partial charge in [0.2, 0.25) is 10.0 Å². The van der Waals surface area contributed by atoms with Crippen LogP contribution < -0.4 is 4.72 Å². The fourth-order valence-electron chi connectivity index (χ4n) is 2.54. The van der Waals surface area contributed by atoms with Crippen molar-refractivity contribution < 1.29 is 23.1 Å². The Morgan fingerprint density at radius 2 is 2.04 bits per heavy atom. The molecule has 0 heterocycles. The van der Waals surface area contributed by atoms with Crippen molar-refractivity contribution in [2.75, 3.05) is 17.0 Å². The average molecular weight is 368 g/mol. The summed E-state index contributed by atoms with van der Waals surface area (Å²) in [4.78, 5) is 25.5. The van der Waals surface area contributed by atoms with E-state index in [1.54, 1.807) is 36.9 Å². The molecule has 0 aromatic heterocycles. The summed E-state index contributed by atoms with van der Waals surface area (Å²) in [6.45, 7) is 3.49. The molecule has 1 fully saturated rings. The van der Waals surface area contributed by atoms with Gasteiger partial charge >= 0.3 is 5.97 Å². The highest BCUT2D eigenvalue weighted by atomic mass is 32.2. The van der Waals surface area contributed by atoms with E-state index in [4.69, 9.17) is 5.11 Å². The van der Waals surface area contributed by atoms with Gasteiger partial charge in [-0.05, 0) is 37.5 Å². The monoisotopic (exact) mass is 368 g/mol. The lowest BCUT2D eigenvalue weighted by Crippen LogP contribution is -2.38. The molecule has 1 saturated carbocycles. The number of carbonyl (C=O) groups excluding carboxylic acids is 1. The number of nitrogens with zero attached hydrogens (tertiary/aromatic N) is 1. The van der Waals surface area contributed by atoms with E-state index in [9.17, 15) is 18.0 Å². The lowest BCUT2D eigenvalue weighted by atomic mass is 10.1. The number of carboxylic acids is 1. The number of nitrogens with one attached hydrogen (secondary N) is 1. The zero-order valence-electron chi connectivity index (χ0n) is 14.4. The molecule has 8 heteroatoms. The van der Waals surface area contributed by atoms with Crippen LogP contribution in [0, 0.1) is 5.92 Å². The molecule has 0 spiro atoms. The van der Waals surface area contributed by atoms with Crippen LogP contribution in [0.1, 0.15) is 43.5 Å². The van der Waals surface area contributed by atoms with E-state index in [0.717, 1.165) is 12.8 Å². The summed E-state index contributed by atoms with van der Waals surface area (Å²) in [6, 6.07) is 6.38. The smallest absolute Gasteiger partial charge is 0.308 e. The highest BCUT2D eigenvalue weighted by Gasteiger charge is 2.35. The predicted octanol–water partition coefficient (Wildman–Crippen LogP) is 2.16. The van der Waals surface area contributed by atoms with Crippen LogP contribution in [-0.4, -0.2) is 48.6 Å². The third-order valence-electron chi connectivity index (χ3n) is 4.00. The van der Waals surface area contributed by atoms with Gasteiger partial charge in [-0.2, -0.15) is 0 Å². The van der Waals surface area contributed by atoms with Gasteiger partial charge in [0.1, 0.15) is 0 Å². The van der Waals surface area contributed by atoms with Crippen molar-refractivity contribution in [3.63, 3.8) is 0 Å². The van der Waals surface area contributed by atoms with Crippen LogP contribution in [0.15, 0.2) is 24.3 Å². The summed E-state index contributed by atoms with van der Waals surface area (Å²) >= 11 is 0. The molecule has 1 unspecified atom stereocenters. The molecular weight excluding hydrogens is 344 g/mol. The highest BCUT2D eigenvalue weighted by molar-refractivity contribution is 7.92. The molecule has 1 aliphatic carbocycles. The van der Waals surface area contributed by atoms with Crippen molar-refractivity contribution in [2.45, 2.75) is 39.2 Å². The number of carboxylic acid groups (broad SMARTS) is 1. The number of hydrogen-bond acceptors (Lipinski definition) is 4. The van der Waals surface area contributed by atoms with E-state index < -0.39 is 21.9 Å². The first-order valence-electron chi connectivity index (χ1n) is 8.38. The number of benzene rings is 1. The quantitative estimate of drug-likeness (QED) is 0.695. The molecule has 25 heavy (non-hydrogen) atoms. The minimum Gasteiger partial charge on any atom is -0.481 e. The van der Waals surface area contributed by atoms with Gasteiger partial charge in [0.05, 0.1) is 11.7 Å². The maximum Gasteiger partial charge on any atom is 0.308 e. The Morgan fingerprint density at radius 1 is 1.36 bits per heavy atom. The van der Waals surface area contributed by atoms with E-state index in [-0.39, 0.29) is 24.2 Å². The number of rotatable bonds is 9. The van der Waals surface area contributed by atoms with Crippen molar-refractivity contribution >= 4 is 27.6 Å². The van der Waals surface area contributed by atoms with Crippen LogP contribution in [0.2, 0.25) is 0 Å². The normalized spacial score (nSPS) is 15.4. The first kappa shape index (κ1) is 19.2. The second-order valence-corrected chi connectivity index (χ2v) is 8.27. The summed E-state index contributed by atoms with van der Waals surface area (Å²) in [5.74, 6) is -1.86. The predicted molar refractivity (Wildman–Crippen MR) is 95.0 cm³/mol. The lowest BCUT2D eigenvalue weighted by molar-refractivity contribution is -0.141. The number of hydrogen-bond donors (Lipinski definition) is 2. The number of amides is 1. The highest BCUT2D eigenvalue weighted by Crippen LogP contribution is 2.29. The topological polar surface area (TPSA) is 104 Å². The molecule has 0 bridgehead atoms. The zero-order valence-corrected chi connectivity index (χ0v) is 15.3. The molecule has 2 N–H and O–H groups in total. The Labute approximate surface area is 148 Å². The third-order valence-corrected chi connectivity index (χ3v) is 5.49. The molecule has 1 amide bonds. The van der Waals surface area contributed by atoms with Crippen LogP contribution >= 0.6 is 0 Å². The second kappa shape index (κ2) is 7.86. The van der Waals surface area contributed by atoms with E-state index in [1.165, 1.54) is 6.07 Å². The molecular formula is C17H24N2O5S. The summed E-state index contributed by atoms with van der Waals surface area (Å²) in [5.41, 5.74) is 0.683. The molecule has 1 atom stereocenters. The first-order valence-corrected chi connectivity index (χ1v) is 10.0. The minimum absolute atomic E-state index is 0.00942. The van der Waals surface area contributed by atoms with Crippen molar-refractivity contribution in [2.24, 2.45) is 5.92 Å². The molecule has 0 radical (unpaired) electrons. The number of carbonyl (C=O) groups is 2. The Kier molecular flexibility index (Phi) is 6.05. The van der Waals surface area contributed by atoms with Crippen molar-refractivity contribution in [1.29, 1.82) is 0 Å². The summed E-state index contributed by atoms with van der Waals surface area (Å²) in [5, 5.41) is 9.09. The van der Waals surface area contributed by atoms with Gasteiger partial charge in [-0.3, -0.25) is 14.3 Å². The number of anilines is 1. The fraction of sp³-hybridized carbons (Fsp3) is 0.529. The van der Waals surface area contributed by atoms with Gasteiger partial charge in [0, 0.05) is 23.8 Å². The molecule has 0 aliphatic heterocycles. The summed E-state index contributed by atoms with van der Waals surface area (Å²) < 4.78 is 26.2. The lowest BCUT2D eigenvalue weighted by Gasteiger charge is -2.24. The van der Waals surface area contributed by atoms with Gasteiger partial charge in [0.25, 0.3) is 5.91 Å². The van der Waals surface area contributed by atoms with E-state index >= 15 is 0 Å². The van der Waals surface area contributed by atoms with Crippen LogP contribution in [0.3, 0.4) is 0 Å². The molecule has 138 valence electrons. The number of sulfonamides is 1. The van der Waals surface area contributed by atoms with Crippen LogP contribution in [-0.2, 0) is 14.8 Å². The van der Waals surface area contributed by atoms with Gasteiger partial charge in [-0.1, -0.05) is 19.9 Å². The molecule has 2 rings (SSSR count). The molecule has 0 saturated heterocycles. The average Bonchev–Trinajstić information content (AvgIpc) is 3.36.